The van der Waals surface area contributed by atoms with Crippen LogP contribution in [0.3, 0.4) is 0 Å². The summed E-state index contributed by atoms with van der Waals surface area (Å²) < 4.78 is 25.9. The van der Waals surface area contributed by atoms with E-state index in [0.29, 0.717) is 31.2 Å². The van der Waals surface area contributed by atoms with Gasteiger partial charge in [-0.05, 0) is 92.9 Å². The molecular weight excluding hydrogens is 524 g/mol. The van der Waals surface area contributed by atoms with Crippen molar-refractivity contribution < 1.29 is 18.3 Å². The molecule has 2 aromatic carbocycles. The van der Waals surface area contributed by atoms with E-state index < -0.39 is 16.1 Å². The first-order valence-electron chi connectivity index (χ1n) is 14.2. The number of H-pyrrole nitrogens is 1. The van der Waals surface area contributed by atoms with Gasteiger partial charge < -0.3 is 19.9 Å². The van der Waals surface area contributed by atoms with Crippen LogP contribution in [-0.4, -0.2) is 79.3 Å². The van der Waals surface area contributed by atoms with E-state index >= 15 is 0 Å². The molecule has 3 aromatic rings. The van der Waals surface area contributed by atoms with Gasteiger partial charge in [-0.25, -0.2) is 8.42 Å². The third kappa shape index (κ3) is 7.13. The average Bonchev–Trinajstić information content (AvgIpc) is 3.34. The highest BCUT2D eigenvalue weighted by Crippen LogP contribution is 2.35. The number of carbonyl (C=O) groups is 1. The molecule has 8 nitrogen and oxygen atoms in total. The van der Waals surface area contributed by atoms with Gasteiger partial charge in [0.25, 0.3) is 0 Å². The lowest BCUT2D eigenvalue weighted by Crippen LogP contribution is -2.45. The van der Waals surface area contributed by atoms with Crippen molar-refractivity contribution in [1.82, 2.24) is 14.8 Å². The van der Waals surface area contributed by atoms with Gasteiger partial charge in [0.05, 0.1) is 12.4 Å². The number of anilines is 1. The van der Waals surface area contributed by atoms with Gasteiger partial charge in [-0.1, -0.05) is 29.8 Å². The molecule has 2 aliphatic rings. The van der Waals surface area contributed by atoms with Gasteiger partial charge >= 0.3 is 0 Å². The number of nitrogens with zero attached hydrogens (tertiary/aromatic N) is 2. The van der Waals surface area contributed by atoms with Crippen LogP contribution in [-0.2, 0) is 14.8 Å². The molecule has 214 valence electrons. The van der Waals surface area contributed by atoms with Crippen molar-refractivity contribution >= 4 is 38.6 Å². The lowest BCUT2D eigenvalue weighted by Gasteiger charge is -2.37. The molecule has 9 heteroatoms. The van der Waals surface area contributed by atoms with Crippen LogP contribution in [0, 0.1) is 12.8 Å². The number of aliphatic hydroxyl groups is 1. The van der Waals surface area contributed by atoms with E-state index in [-0.39, 0.29) is 11.8 Å². The van der Waals surface area contributed by atoms with E-state index in [9.17, 15) is 18.3 Å². The highest BCUT2D eigenvalue weighted by Gasteiger charge is 2.30. The number of aromatic amines is 1. The van der Waals surface area contributed by atoms with Crippen LogP contribution >= 0.6 is 0 Å². The Bertz CT molecular complexity index is 1470. The maximum Gasteiger partial charge on any atom is 0.246 e. The lowest BCUT2D eigenvalue weighted by molar-refractivity contribution is -0.128. The number of hydrogen-bond acceptors (Lipinski definition) is 5. The summed E-state index contributed by atoms with van der Waals surface area (Å²) in [5, 5.41) is 12.1. The van der Waals surface area contributed by atoms with Crippen molar-refractivity contribution in [3.8, 4) is 0 Å². The van der Waals surface area contributed by atoms with E-state index in [1.54, 1.807) is 12.1 Å². The number of piperidine rings is 2. The first-order valence-corrected chi connectivity index (χ1v) is 16.1. The van der Waals surface area contributed by atoms with E-state index in [1.165, 1.54) is 11.1 Å². The summed E-state index contributed by atoms with van der Waals surface area (Å²) in [6, 6.07) is 13.7. The number of likely N-dealkylation sites (tertiary alicyclic amines) is 2. The number of fused-ring (bicyclic) bond motifs is 1. The first kappa shape index (κ1) is 28.4. The molecule has 5 rings (SSSR count). The number of aliphatic hydroxyl groups excluding tert-OH is 1. The Morgan fingerprint density at radius 2 is 1.85 bits per heavy atom. The SMILES string of the molecule is Cc1cccc(C=CC(=O)N2CCC(C(O)CN3CCC(c4c[nH]c5ccc(NS(C)(=O)=O)cc45)CC3)CC2)c1. The molecule has 0 spiro atoms. The van der Waals surface area contributed by atoms with E-state index in [1.807, 2.05) is 48.2 Å². The minimum Gasteiger partial charge on any atom is -0.392 e. The van der Waals surface area contributed by atoms with E-state index in [0.717, 1.165) is 61.5 Å². The zero-order chi connectivity index (χ0) is 28.3. The van der Waals surface area contributed by atoms with Gasteiger partial charge in [0, 0.05) is 48.5 Å². The second kappa shape index (κ2) is 12.2. The Balaban J connectivity index is 1.09. The second-order valence-corrected chi connectivity index (χ2v) is 13.2. The number of carbonyl (C=O) groups excluding carboxylic acids is 1. The molecule has 2 aliphatic heterocycles. The van der Waals surface area contributed by atoms with Gasteiger partial charge in [-0.2, -0.15) is 0 Å². The number of rotatable bonds is 8. The van der Waals surface area contributed by atoms with Gasteiger partial charge in [-0.15, -0.1) is 0 Å². The summed E-state index contributed by atoms with van der Waals surface area (Å²) in [5.41, 5.74) is 5.00. The summed E-state index contributed by atoms with van der Waals surface area (Å²) in [4.78, 5) is 20.2. The minimum atomic E-state index is -3.33. The van der Waals surface area contributed by atoms with Crippen LogP contribution < -0.4 is 4.72 Å². The first-order chi connectivity index (χ1) is 19.1. The highest BCUT2D eigenvalue weighted by atomic mass is 32.2. The van der Waals surface area contributed by atoms with Gasteiger partial charge in [0.2, 0.25) is 15.9 Å². The van der Waals surface area contributed by atoms with Crippen molar-refractivity contribution in [2.45, 2.75) is 44.6 Å². The fourth-order valence-corrected chi connectivity index (χ4v) is 6.70. The molecule has 2 saturated heterocycles. The van der Waals surface area contributed by atoms with Crippen molar-refractivity contribution in [2.75, 3.05) is 43.7 Å². The number of aromatic nitrogens is 1. The third-order valence-electron chi connectivity index (χ3n) is 8.35. The summed E-state index contributed by atoms with van der Waals surface area (Å²) in [5.74, 6) is 0.627. The van der Waals surface area contributed by atoms with Crippen LogP contribution in [0.4, 0.5) is 5.69 Å². The van der Waals surface area contributed by atoms with Crippen molar-refractivity contribution in [3.63, 3.8) is 0 Å². The normalized spacial score (nSPS) is 18.9. The topological polar surface area (TPSA) is 106 Å². The number of β-amino-alcohol motifs (C(OH)–C–C–N with tert-alkyl or cyclic N) is 1. The standard InChI is InChI=1S/C31H40N4O4S/c1-22-4-3-5-23(18-22)6-9-31(37)35-16-12-25(13-17-35)30(36)21-34-14-10-24(11-15-34)28-20-32-29-8-7-26(19-27(28)29)33-40(2,38)39/h3-9,18-20,24-25,30,32-33,36H,10-17,21H2,1-2H3. The highest BCUT2D eigenvalue weighted by molar-refractivity contribution is 7.92. The summed E-state index contributed by atoms with van der Waals surface area (Å²) in [6.45, 7) is 5.89. The summed E-state index contributed by atoms with van der Waals surface area (Å²) in [7, 11) is -3.33. The number of hydrogen-bond donors (Lipinski definition) is 3. The van der Waals surface area contributed by atoms with Crippen LogP contribution in [0.2, 0.25) is 0 Å². The predicted molar refractivity (Wildman–Crippen MR) is 161 cm³/mol. The Hall–Kier alpha value is -3.14. The zero-order valence-corrected chi connectivity index (χ0v) is 24.2. The number of nitrogens with one attached hydrogen (secondary N) is 2. The molecule has 1 atom stereocenters. The van der Waals surface area contributed by atoms with Gasteiger partial charge in [0.1, 0.15) is 0 Å². The summed E-state index contributed by atoms with van der Waals surface area (Å²) in [6.07, 6.45) is 9.97. The number of sulfonamides is 1. The fraction of sp³-hybridized carbons (Fsp3) is 0.452. The van der Waals surface area contributed by atoms with E-state index in [2.05, 4.69) is 26.9 Å². The molecule has 0 aliphatic carbocycles. The third-order valence-corrected chi connectivity index (χ3v) is 8.95. The summed E-state index contributed by atoms with van der Waals surface area (Å²) >= 11 is 0. The molecule has 1 aromatic heterocycles. The Labute approximate surface area is 237 Å². The van der Waals surface area contributed by atoms with Crippen molar-refractivity contribution in [3.05, 3.63) is 71.4 Å². The molecule has 2 fully saturated rings. The van der Waals surface area contributed by atoms with Crippen molar-refractivity contribution in [1.29, 1.82) is 0 Å². The number of benzene rings is 2. The van der Waals surface area contributed by atoms with Crippen LogP contribution in [0.15, 0.2) is 54.7 Å². The predicted octanol–water partition coefficient (Wildman–Crippen LogP) is 4.34. The maximum atomic E-state index is 12.7. The van der Waals surface area contributed by atoms with Gasteiger partial charge in [-0.3, -0.25) is 9.52 Å². The molecule has 3 heterocycles. The Morgan fingerprint density at radius 1 is 1.10 bits per heavy atom. The minimum absolute atomic E-state index is 0.0352. The number of aryl methyl sites for hydroxylation is 1. The van der Waals surface area contributed by atoms with Crippen LogP contribution in [0.5, 0.6) is 0 Å². The molecule has 3 N–H and O–H groups in total. The van der Waals surface area contributed by atoms with Crippen molar-refractivity contribution in [2.24, 2.45) is 5.92 Å². The van der Waals surface area contributed by atoms with Crippen LogP contribution in [0.25, 0.3) is 17.0 Å². The monoisotopic (exact) mass is 564 g/mol. The lowest BCUT2D eigenvalue weighted by atomic mass is 9.87. The quantitative estimate of drug-likeness (QED) is 0.353. The molecule has 0 radical (unpaired) electrons. The Morgan fingerprint density at radius 3 is 2.55 bits per heavy atom. The smallest absolute Gasteiger partial charge is 0.246 e. The molecule has 0 saturated carbocycles. The van der Waals surface area contributed by atoms with Crippen LogP contribution in [0.1, 0.15) is 48.3 Å². The average molecular weight is 565 g/mol. The largest absolute Gasteiger partial charge is 0.392 e. The molecule has 40 heavy (non-hydrogen) atoms. The maximum absolute atomic E-state index is 12.7. The Kier molecular flexibility index (Phi) is 8.63. The molecule has 1 unspecified atom stereocenters. The fourth-order valence-electron chi connectivity index (χ4n) is 6.15. The molecule has 1 amide bonds. The number of amides is 1. The zero-order valence-electron chi connectivity index (χ0n) is 23.3. The molecule has 0 bridgehead atoms. The van der Waals surface area contributed by atoms with E-state index in [4.69, 9.17) is 0 Å². The second-order valence-electron chi connectivity index (χ2n) is 11.4. The van der Waals surface area contributed by atoms with Gasteiger partial charge in [0.15, 0.2) is 0 Å². The molecular formula is C31H40N4O4S.